The largest absolute Gasteiger partial charge is 0.495 e. The lowest BCUT2D eigenvalue weighted by Crippen LogP contribution is -2.49. The molecule has 1 atom stereocenters. The highest BCUT2D eigenvalue weighted by molar-refractivity contribution is 7.86. The first-order valence-corrected chi connectivity index (χ1v) is 11.5. The minimum absolute atomic E-state index is 0.0391. The van der Waals surface area contributed by atoms with Gasteiger partial charge in [0.05, 0.1) is 7.11 Å². The van der Waals surface area contributed by atoms with Crippen LogP contribution in [-0.2, 0) is 11.0 Å². The summed E-state index contributed by atoms with van der Waals surface area (Å²) in [6.07, 6.45) is 3.43. The fraction of sp³-hybridized carbons (Fsp3) is 0.227. The lowest BCUT2D eigenvalue weighted by Gasteiger charge is -2.34. The molecule has 2 heterocycles. The molecule has 0 bridgehead atoms. The van der Waals surface area contributed by atoms with Crippen LogP contribution in [0.3, 0.4) is 0 Å². The van der Waals surface area contributed by atoms with Gasteiger partial charge >= 0.3 is 0 Å². The maximum Gasteiger partial charge on any atom is 0.253 e. The van der Waals surface area contributed by atoms with Gasteiger partial charge in [0.25, 0.3) is 5.91 Å². The van der Waals surface area contributed by atoms with Crippen LogP contribution in [0.5, 0.6) is 5.75 Å². The third-order valence-electron chi connectivity index (χ3n) is 5.07. The van der Waals surface area contributed by atoms with Crippen molar-refractivity contribution >= 4 is 40.1 Å². The fourth-order valence-electron chi connectivity index (χ4n) is 3.38. The maximum atomic E-state index is 12.9. The third kappa shape index (κ3) is 5.00. The van der Waals surface area contributed by atoms with Gasteiger partial charge in [-0.05, 0) is 48.5 Å². The Labute approximate surface area is 193 Å². The summed E-state index contributed by atoms with van der Waals surface area (Å²) in [6.45, 7) is 2.54. The van der Waals surface area contributed by atoms with Gasteiger partial charge in [-0.2, -0.15) is 0 Å². The SMILES string of the molecule is COc1ccc(Cl)cc1S(=O)Nc1ccc(C(=O)N2CCN(c3ncccn3)CC2)cc1. The van der Waals surface area contributed by atoms with Crippen molar-refractivity contribution in [3.63, 3.8) is 0 Å². The second kappa shape index (κ2) is 9.97. The Morgan fingerprint density at radius 3 is 2.41 bits per heavy atom. The summed E-state index contributed by atoms with van der Waals surface area (Å²) in [5.74, 6) is 1.12. The number of carbonyl (C=O) groups excluding carboxylic acids is 1. The van der Waals surface area contributed by atoms with Gasteiger partial charge in [0.15, 0.2) is 11.0 Å². The number of halogens is 1. The zero-order chi connectivity index (χ0) is 22.5. The monoisotopic (exact) mass is 471 g/mol. The van der Waals surface area contributed by atoms with E-state index in [4.69, 9.17) is 16.3 Å². The van der Waals surface area contributed by atoms with E-state index in [1.54, 1.807) is 60.9 Å². The number of methoxy groups -OCH3 is 1. The average molecular weight is 472 g/mol. The molecule has 32 heavy (non-hydrogen) atoms. The number of anilines is 2. The number of carbonyl (C=O) groups is 1. The molecule has 10 heteroatoms. The van der Waals surface area contributed by atoms with Gasteiger partial charge in [-0.1, -0.05) is 11.6 Å². The number of piperazine rings is 1. The molecule has 166 valence electrons. The van der Waals surface area contributed by atoms with E-state index in [-0.39, 0.29) is 5.91 Å². The summed E-state index contributed by atoms with van der Waals surface area (Å²) >= 11 is 6.02. The number of nitrogens with zero attached hydrogens (tertiary/aromatic N) is 4. The smallest absolute Gasteiger partial charge is 0.253 e. The first-order valence-electron chi connectivity index (χ1n) is 9.98. The van der Waals surface area contributed by atoms with E-state index in [0.29, 0.717) is 59.0 Å². The minimum Gasteiger partial charge on any atom is -0.495 e. The molecule has 0 saturated carbocycles. The van der Waals surface area contributed by atoms with E-state index < -0.39 is 11.0 Å². The zero-order valence-electron chi connectivity index (χ0n) is 17.4. The number of ether oxygens (including phenoxy) is 1. The molecule has 1 N–H and O–H groups in total. The Hall–Kier alpha value is -3.17. The number of hydrogen-bond acceptors (Lipinski definition) is 6. The molecule has 1 aliphatic rings. The highest BCUT2D eigenvalue weighted by atomic mass is 35.5. The molecular formula is C22H22ClN5O3S. The molecule has 2 aromatic carbocycles. The van der Waals surface area contributed by atoms with E-state index in [9.17, 15) is 9.00 Å². The van der Waals surface area contributed by atoms with Crippen molar-refractivity contribution in [1.29, 1.82) is 0 Å². The molecule has 1 saturated heterocycles. The highest BCUT2D eigenvalue weighted by Crippen LogP contribution is 2.27. The molecule has 1 unspecified atom stereocenters. The summed E-state index contributed by atoms with van der Waals surface area (Å²) in [5.41, 5.74) is 1.19. The zero-order valence-corrected chi connectivity index (χ0v) is 19.0. The van der Waals surface area contributed by atoms with Crippen LogP contribution in [0, 0.1) is 0 Å². The fourth-order valence-corrected chi connectivity index (χ4v) is 4.65. The first-order chi connectivity index (χ1) is 15.5. The van der Waals surface area contributed by atoms with Crippen molar-refractivity contribution in [3.05, 3.63) is 71.5 Å². The molecule has 0 radical (unpaired) electrons. The van der Waals surface area contributed by atoms with Gasteiger partial charge in [-0.3, -0.25) is 4.79 Å². The van der Waals surface area contributed by atoms with Crippen molar-refractivity contribution in [2.45, 2.75) is 4.90 Å². The van der Waals surface area contributed by atoms with Crippen LogP contribution < -0.4 is 14.4 Å². The van der Waals surface area contributed by atoms with Crippen molar-refractivity contribution in [1.82, 2.24) is 14.9 Å². The topological polar surface area (TPSA) is 87.7 Å². The van der Waals surface area contributed by atoms with Gasteiger partial charge < -0.3 is 19.3 Å². The predicted octanol–water partition coefficient (Wildman–Crippen LogP) is 3.24. The molecule has 0 spiro atoms. The molecule has 4 rings (SSSR count). The normalized spacial score (nSPS) is 14.7. The van der Waals surface area contributed by atoms with E-state index >= 15 is 0 Å². The van der Waals surface area contributed by atoms with E-state index in [0.717, 1.165) is 0 Å². The van der Waals surface area contributed by atoms with Crippen LogP contribution in [0.15, 0.2) is 65.8 Å². The number of nitrogens with one attached hydrogen (secondary N) is 1. The number of aromatic nitrogens is 2. The summed E-state index contributed by atoms with van der Waals surface area (Å²) in [5, 5.41) is 0.468. The highest BCUT2D eigenvalue weighted by Gasteiger charge is 2.23. The summed E-state index contributed by atoms with van der Waals surface area (Å²) in [7, 11) is -0.0612. The van der Waals surface area contributed by atoms with E-state index in [1.165, 1.54) is 7.11 Å². The quantitative estimate of drug-likeness (QED) is 0.594. The summed E-state index contributed by atoms with van der Waals surface area (Å²) in [6, 6.07) is 13.6. The predicted molar refractivity (Wildman–Crippen MR) is 125 cm³/mol. The molecule has 1 fully saturated rings. The molecule has 0 aliphatic carbocycles. The van der Waals surface area contributed by atoms with Crippen LogP contribution in [0.4, 0.5) is 11.6 Å². The third-order valence-corrected chi connectivity index (χ3v) is 6.44. The number of rotatable bonds is 6. The van der Waals surface area contributed by atoms with E-state index in [1.807, 2.05) is 4.90 Å². The van der Waals surface area contributed by atoms with Crippen molar-refractivity contribution < 1.29 is 13.7 Å². The van der Waals surface area contributed by atoms with Gasteiger partial charge in [0, 0.05) is 54.8 Å². The summed E-state index contributed by atoms with van der Waals surface area (Å²) < 4.78 is 20.9. The first kappa shape index (κ1) is 22.0. The Morgan fingerprint density at radius 1 is 1.06 bits per heavy atom. The van der Waals surface area contributed by atoms with Gasteiger partial charge in [-0.25, -0.2) is 14.2 Å². The second-order valence-corrected chi connectivity index (χ2v) is 8.69. The Morgan fingerprint density at radius 2 is 1.75 bits per heavy atom. The van der Waals surface area contributed by atoms with Crippen molar-refractivity contribution in [3.8, 4) is 5.75 Å². The van der Waals surface area contributed by atoms with E-state index in [2.05, 4.69) is 19.6 Å². The Kier molecular flexibility index (Phi) is 6.87. The van der Waals surface area contributed by atoms with Crippen molar-refractivity contribution in [2.75, 3.05) is 42.9 Å². The van der Waals surface area contributed by atoms with Gasteiger partial charge in [0.1, 0.15) is 10.6 Å². The van der Waals surface area contributed by atoms with Crippen molar-refractivity contribution in [2.24, 2.45) is 0 Å². The number of hydrogen-bond donors (Lipinski definition) is 1. The molecular weight excluding hydrogens is 450 g/mol. The molecule has 8 nitrogen and oxygen atoms in total. The average Bonchev–Trinajstić information content (AvgIpc) is 2.84. The molecule has 1 aliphatic heterocycles. The van der Waals surface area contributed by atoms with Gasteiger partial charge in [-0.15, -0.1) is 0 Å². The lowest BCUT2D eigenvalue weighted by molar-refractivity contribution is 0.0746. The molecule has 3 aromatic rings. The minimum atomic E-state index is -1.57. The molecule has 1 aromatic heterocycles. The van der Waals surface area contributed by atoms with Crippen LogP contribution in [-0.4, -0.2) is 58.3 Å². The Bertz CT molecular complexity index is 1110. The summed E-state index contributed by atoms with van der Waals surface area (Å²) in [4.78, 5) is 25.7. The molecule has 1 amide bonds. The van der Waals surface area contributed by atoms with Crippen LogP contribution in [0.1, 0.15) is 10.4 Å². The lowest BCUT2D eigenvalue weighted by atomic mass is 10.1. The van der Waals surface area contributed by atoms with Crippen LogP contribution in [0.2, 0.25) is 5.02 Å². The van der Waals surface area contributed by atoms with Crippen LogP contribution in [0.25, 0.3) is 0 Å². The van der Waals surface area contributed by atoms with Crippen LogP contribution >= 0.6 is 11.6 Å². The van der Waals surface area contributed by atoms with Gasteiger partial charge in [0.2, 0.25) is 5.95 Å². The standard InChI is InChI=1S/C22H22ClN5O3S/c1-31-19-8-5-17(23)15-20(19)32(30)26-18-6-3-16(4-7-18)21(29)27-11-13-28(14-12-27)22-24-9-2-10-25-22/h2-10,15,26H,11-14H2,1H3. The second-order valence-electron chi connectivity index (χ2n) is 7.07. The maximum absolute atomic E-state index is 12.9. The number of amides is 1. The number of benzene rings is 2. The Balaban J connectivity index is 1.37.